The first kappa shape index (κ1) is 11.8. The summed E-state index contributed by atoms with van der Waals surface area (Å²) in [5.41, 5.74) is 0.537. The molecule has 2 nitrogen and oxygen atoms in total. The van der Waals surface area contributed by atoms with Crippen LogP contribution in [0.1, 0.15) is 33.6 Å². The van der Waals surface area contributed by atoms with E-state index >= 15 is 0 Å². The van der Waals surface area contributed by atoms with E-state index in [1.807, 2.05) is 32.9 Å². The van der Waals surface area contributed by atoms with Gasteiger partial charge in [-0.25, -0.2) is 0 Å². The van der Waals surface area contributed by atoms with Crippen molar-refractivity contribution in [2.75, 3.05) is 0 Å². The van der Waals surface area contributed by atoms with Crippen molar-refractivity contribution in [1.29, 1.82) is 0 Å². The number of nitrogens with zero attached hydrogens (tertiary/aromatic N) is 1. The van der Waals surface area contributed by atoms with Crippen LogP contribution in [0.2, 0.25) is 0 Å². The van der Waals surface area contributed by atoms with Crippen molar-refractivity contribution < 1.29 is 4.79 Å². The third-order valence-corrected chi connectivity index (χ3v) is 1.49. The number of Topliss-reactive ketones (excluding diaryl/α,β-unsaturated/α-hetero) is 1. The van der Waals surface area contributed by atoms with E-state index in [4.69, 9.17) is 0 Å². The molecule has 0 saturated heterocycles. The van der Waals surface area contributed by atoms with Gasteiger partial charge in [-0.05, 0) is 19.4 Å². The van der Waals surface area contributed by atoms with Gasteiger partial charge in [0.05, 0.1) is 0 Å². The Balaban J connectivity index is 4.49. The van der Waals surface area contributed by atoms with Crippen molar-refractivity contribution in [1.82, 2.24) is 0 Å². The minimum Gasteiger partial charge on any atom is -0.292 e. The summed E-state index contributed by atoms with van der Waals surface area (Å²) in [6.45, 7) is 5.75. The molecule has 0 aliphatic heterocycles. The maximum atomic E-state index is 11.3. The number of allylic oxidation sites excluding steroid dienone is 3. The highest BCUT2D eigenvalue weighted by Gasteiger charge is 2.02. The Morgan fingerprint density at radius 3 is 2.54 bits per heavy atom. The Hall–Kier alpha value is -1.18. The topological polar surface area (TPSA) is 29.4 Å². The van der Waals surface area contributed by atoms with Crippen molar-refractivity contribution >= 4 is 11.5 Å². The normalized spacial score (nSPS) is 13.0. The Morgan fingerprint density at radius 1 is 1.38 bits per heavy atom. The second kappa shape index (κ2) is 7.47. The van der Waals surface area contributed by atoms with Crippen molar-refractivity contribution in [3.63, 3.8) is 0 Å². The fourth-order valence-electron chi connectivity index (χ4n) is 0.785. The molecule has 2 heteroatoms. The van der Waals surface area contributed by atoms with Gasteiger partial charge < -0.3 is 0 Å². The van der Waals surface area contributed by atoms with Crippen LogP contribution >= 0.6 is 0 Å². The first-order valence-electron chi connectivity index (χ1n) is 4.64. The van der Waals surface area contributed by atoms with E-state index in [0.717, 1.165) is 6.42 Å². The summed E-state index contributed by atoms with van der Waals surface area (Å²) in [5, 5.41) is 0. The number of rotatable bonds is 5. The largest absolute Gasteiger partial charge is 0.292 e. The lowest BCUT2D eigenvalue weighted by molar-refractivity contribution is -0.112. The Morgan fingerprint density at radius 2 is 2.08 bits per heavy atom. The van der Waals surface area contributed by atoms with Crippen LogP contribution in [0.25, 0.3) is 0 Å². The molecule has 0 aliphatic rings. The molecule has 0 unspecified atom stereocenters. The average molecular weight is 179 g/mol. The SMILES string of the molecule is C/C=C/C(=N\C=C/CC)C(=O)CC. The van der Waals surface area contributed by atoms with Gasteiger partial charge in [0, 0.05) is 12.6 Å². The summed E-state index contributed by atoms with van der Waals surface area (Å²) in [4.78, 5) is 15.4. The van der Waals surface area contributed by atoms with E-state index in [9.17, 15) is 4.79 Å². The van der Waals surface area contributed by atoms with E-state index < -0.39 is 0 Å². The van der Waals surface area contributed by atoms with Crippen LogP contribution in [0.15, 0.2) is 29.4 Å². The van der Waals surface area contributed by atoms with Gasteiger partial charge in [0.1, 0.15) is 5.71 Å². The van der Waals surface area contributed by atoms with Crippen molar-refractivity contribution in [2.24, 2.45) is 4.99 Å². The molecule has 0 heterocycles. The zero-order valence-corrected chi connectivity index (χ0v) is 8.58. The highest BCUT2D eigenvalue weighted by molar-refractivity contribution is 6.44. The van der Waals surface area contributed by atoms with Crippen LogP contribution in [0.3, 0.4) is 0 Å². The zero-order valence-electron chi connectivity index (χ0n) is 8.58. The quantitative estimate of drug-likeness (QED) is 0.597. The van der Waals surface area contributed by atoms with E-state index in [2.05, 4.69) is 4.99 Å². The minimum absolute atomic E-state index is 0.0823. The lowest BCUT2D eigenvalue weighted by atomic mass is 10.2. The number of ketones is 1. The second-order valence-electron chi connectivity index (χ2n) is 2.58. The van der Waals surface area contributed by atoms with E-state index in [0.29, 0.717) is 12.1 Å². The molecule has 0 atom stereocenters. The van der Waals surface area contributed by atoms with Crippen molar-refractivity contribution in [3.8, 4) is 0 Å². The lowest BCUT2D eigenvalue weighted by Gasteiger charge is -1.94. The summed E-state index contributed by atoms with van der Waals surface area (Å²) < 4.78 is 0. The molecule has 0 fully saturated rings. The maximum absolute atomic E-state index is 11.3. The number of hydrogen-bond donors (Lipinski definition) is 0. The van der Waals surface area contributed by atoms with Crippen LogP contribution in [-0.4, -0.2) is 11.5 Å². The summed E-state index contributed by atoms with van der Waals surface area (Å²) in [5.74, 6) is 0.0823. The number of aliphatic imine (C=N–C) groups is 1. The van der Waals surface area contributed by atoms with Gasteiger partial charge in [0.25, 0.3) is 0 Å². The van der Waals surface area contributed by atoms with Crippen LogP contribution in [0.5, 0.6) is 0 Å². The van der Waals surface area contributed by atoms with Gasteiger partial charge in [0.15, 0.2) is 5.78 Å². The molecular weight excluding hydrogens is 162 g/mol. The van der Waals surface area contributed by atoms with E-state index in [-0.39, 0.29) is 5.78 Å². The standard InChI is InChI=1S/C11H17NO/c1-4-7-9-12-10(8-5-2)11(13)6-3/h5,7-9H,4,6H2,1-3H3/b8-5+,9-7-,12-10+. The fraction of sp³-hybridized carbons (Fsp3) is 0.455. The first-order valence-corrected chi connectivity index (χ1v) is 4.64. The van der Waals surface area contributed by atoms with Gasteiger partial charge in [-0.3, -0.25) is 9.79 Å². The van der Waals surface area contributed by atoms with Crippen molar-refractivity contribution in [3.05, 3.63) is 24.4 Å². The van der Waals surface area contributed by atoms with Crippen LogP contribution in [-0.2, 0) is 4.79 Å². The predicted octanol–water partition coefficient (Wildman–Crippen LogP) is 2.91. The molecule has 0 bridgehead atoms. The van der Waals surface area contributed by atoms with Crippen LogP contribution < -0.4 is 0 Å². The predicted molar refractivity (Wildman–Crippen MR) is 57.0 cm³/mol. The monoisotopic (exact) mass is 179 g/mol. The summed E-state index contributed by atoms with van der Waals surface area (Å²) in [7, 11) is 0. The summed E-state index contributed by atoms with van der Waals surface area (Å²) in [6, 6.07) is 0. The molecule has 0 N–H and O–H groups in total. The van der Waals surface area contributed by atoms with Gasteiger partial charge >= 0.3 is 0 Å². The molecule has 0 amide bonds. The maximum Gasteiger partial charge on any atom is 0.180 e. The fourth-order valence-corrected chi connectivity index (χ4v) is 0.785. The second-order valence-corrected chi connectivity index (χ2v) is 2.58. The third kappa shape index (κ3) is 5.12. The minimum atomic E-state index is 0.0823. The molecule has 13 heavy (non-hydrogen) atoms. The van der Waals surface area contributed by atoms with Gasteiger partial charge in [0.2, 0.25) is 0 Å². The first-order chi connectivity index (χ1) is 6.26. The average Bonchev–Trinajstić information content (AvgIpc) is 2.16. The molecule has 0 aromatic heterocycles. The molecule has 0 radical (unpaired) electrons. The van der Waals surface area contributed by atoms with Crippen LogP contribution in [0.4, 0.5) is 0 Å². The summed E-state index contributed by atoms with van der Waals surface area (Å²) >= 11 is 0. The smallest absolute Gasteiger partial charge is 0.180 e. The number of carbonyl (C=O) groups excluding carboxylic acids is 1. The van der Waals surface area contributed by atoms with Crippen LogP contribution in [0, 0.1) is 0 Å². The Labute approximate surface area is 80.1 Å². The number of carbonyl (C=O) groups is 1. The van der Waals surface area contributed by atoms with Gasteiger partial charge in [-0.15, -0.1) is 0 Å². The molecule has 0 rings (SSSR count). The lowest BCUT2D eigenvalue weighted by Crippen LogP contribution is -2.08. The molecular formula is C11H17NO. The van der Waals surface area contributed by atoms with E-state index in [1.54, 1.807) is 12.3 Å². The van der Waals surface area contributed by atoms with E-state index in [1.165, 1.54) is 0 Å². The molecule has 0 aromatic carbocycles. The molecule has 0 aromatic rings. The Bertz CT molecular complexity index is 236. The Kier molecular flexibility index (Phi) is 6.79. The highest BCUT2D eigenvalue weighted by Crippen LogP contribution is 1.92. The van der Waals surface area contributed by atoms with Gasteiger partial charge in [-0.2, -0.15) is 0 Å². The molecule has 0 aliphatic carbocycles. The van der Waals surface area contributed by atoms with Gasteiger partial charge in [-0.1, -0.05) is 26.0 Å². The highest BCUT2D eigenvalue weighted by atomic mass is 16.1. The third-order valence-electron chi connectivity index (χ3n) is 1.49. The number of hydrogen-bond acceptors (Lipinski definition) is 2. The molecule has 72 valence electrons. The zero-order chi connectivity index (χ0) is 10.1. The van der Waals surface area contributed by atoms with Crippen molar-refractivity contribution in [2.45, 2.75) is 33.6 Å². The summed E-state index contributed by atoms with van der Waals surface area (Å²) in [6.07, 6.45) is 8.61. The molecule has 0 spiro atoms. The molecule has 0 saturated carbocycles.